The minimum atomic E-state index is 0. The molecule has 0 N–H and O–H groups in total. The van der Waals surface area contributed by atoms with Crippen LogP contribution in [0.4, 0.5) is 0 Å². The Morgan fingerprint density at radius 1 is 0.474 bits per heavy atom. The fraction of sp³-hybridized carbons (Fsp3) is 0.944. The molecule has 0 unspecified atom stereocenters. The van der Waals surface area contributed by atoms with Crippen LogP contribution in [0.3, 0.4) is 0 Å². The summed E-state index contributed by atoms with van der Waals surface area (Å²) in [6.07, 6.45) is 22.8. The number of rotatable bonds is 15. The molecule has 1 radical (unpaired) electrons. The molecule has 0 atom stereocenters. The van der Waals surface area contributed by atoms with Crippen LogP contribution in [0.5, 0.6) is 0 Å². The molecule has 0 bridgehead atoms. The van der Waals surface area contributed by atoms with Crippen LogP contribution in [0, 0.1) is 6.92 Å². The molecule has 0 spiro atoms. The van der Waals surface area contributed by atoms with E-state index in [4.69, 9.17) is 0 Å². The quantitative estimate of drug-likeness (QED) is 0.247. The fourth-order valence-electron chi connectivity index (χ4n) is 2.55. The molecule has 0 saturated heterocycles. The summed E-state index contributed by atoms with van der Waals surface area (Å²) in [6.45, 7) is 6.18. The first kappa shape index (κ1) is 22.8. The molecule has 0 heterocycles. The topological polar surface area (TPSA) is 0 Å². The van der Waals surface area contributed by atoms with E-state index in [2.05, 4.69) is 13.8 Å². The van der Waals surface area contributed by atoms with Crippen molar-refractivity contribution in [2.45, 2.75) is 110 Å². The summed E-state index contributed by atoms with van der Waals surface area (Å²) in [4.78, 5) is 0. The number of hydrogen-bond acceptors (Lipinski definition) is 0. The fourth-order valence-corrected chi connectivity index (χ4v) is 2.55. The van der Waals surface area contributed by atoms with Crippen LogP contribution in [0.25, 0.3) is 0 Å². The van der Waals surface area contributed by atoms with Crippen molar-refractivity contribution < 1.29 is 0 Å². The standard InChI is InChI=1S/C18H37.Sr.2H/c1-3-5-7-9-11-13-15-17-18-16-14-12-10-8-6-4-2;;;/h1,3-18H2,2H3;;;. The first-order valence-electron chi connectivity index (χ1n) is 8.71. The third-order valence-corrected chi connectivity index (χ3v) is 3.85. The molecule has 0 aromatic heterocycles. The normalized spacial score (nSPS) is 10.4. The average molecular weight is 343 g/mol. The summed E-state index contributed by atoms with van der Waals surface area (Å²) in [5, 5.41) is 0. The molecule has 1 heteroatoms. The predicted octanol–water partition coefficient (Wildman–Crippen LogP) is 6.17. The van der Waals surface area contributed by atoms with E-state index < -0.39 is 0 Å². The molecule has 0 aliphatic heterocycles. The van der Waals surface area contributed by atoms with Crippen molar-refractivity contribution in [3.63, 3.8) is 0 Å². The van der Waals surface area contributed by atoms with Gasteiger partial charge in [-0.15, -0.1) is 0 Å². The predicted molar refractivity (Wildman–Crippen MR) is 93.4 cm³/mol. The summed E-state index contributed by atoms with van der Waals surface area (Å²) in [5.74, 6) is 0. The van der Waals surface area contributed by atoms with E-state index in [0.29, 0.717) is 0 Å². The SMILES string of the molecule is [CH2]CCCCCCCCCCCCCCCCC.[SrH2]. The van der Waals surface area contributed by atoms with Crippen molar-refractivity contribution in [3.8, 4) is 0 Å². The van der Waals surface area contributed by atoms with E-state index in [0.717, 1.165) is 6.42 Å². The van der Waals surface area contributed by atoms with Crippen LogP contribution in [0.2, 0.25) is 0 Å². The van der Waals surface area contributed by atoms with Gasteiger partial charge in [-0.1, -0.05) is 117 Å². The van der Waals surface area contributed by atoms with Gasteiger partial charge < -0.3 is 0 Å². The Morgan fingerprint density at radius 2 is 0.737 bits per heavy atom. The molecule has 0 aliphatic carbocycles. The Kier molecular flexibility index (Phi) is 26.1. The van der Waals surface area contributed by atoms with E-state index in [1.807, 2.05) is 0 Å². The Balaban J connectivity index is 0. The Morgan fingerprint density at radius 3 is 1.00 bits per heavy atom. The Bertz CT molecular complexity index is 118. The van der Waals surface area contributed by atoms with Gasteiger partial charge in [0.25, 0.3) is 0 Å². The molecule has 0 amide bonds. The van der Waals surface area contributed by atoms with Gasteiger partial charge in [-0.3, -0.25) is 0 Å². The summed E-state index contributed by atoms with van der Waals surface area (Å²) in [5.41, 5.74) is 0. The molecule has 0 saturated carbocycles. The zero-order valence-corrected chi connectivity index (χ0v) is 13.0. The van der Waals surface area contributed by atoms with Gasteiger partial charge >= 0.3 is 45.5 Å². The molecular formula is C18H39Sr. The van der Waals surface area contributed by atoms with E-state index in [1.165, 1.54) is 96.3 Å². The van der Waals surface area contributed by atoms with Crippen LogP contribution in [0.1, 0.15) is 110 Å². The van der Waals surface area contributed by atoms with Gasteiger partial charge in [0, 0.05) is 0 Å². The number of unbranched alkanes of at least 4 members (excludes halogenated alkanes) is 15. The van der Waals surface area contributed by atoms with E-state index >= 15 is 0 Å². The summed E-state index contributed by atoms with van der Waals surface area (Å²) in [6, 6.07) is 0. The maximum absolute atomic E-state index is 3.88. The van der Waals surface area contributed by atoms with Crippen LogP contribution in [0.15, 0.2) is 0 Å². The van der Waals surface area contributed by atoms with Crippen molar-refractivity contribution in [2.24, 2.45) is 0 Å². The van der Waals surface area contributed by atoms with Gasteiger partial charge in [-0.2, -0.15) is 0 Å². The van der Waals surface area contributed by atoms with Crippen molar-refractivity contribution in [2.75, 3.05) is 0 Å². The molecule has 0 fully saturated rings. The zero-order valence-electron chi connectivity index (χ0n) is 13.0. The molecular weight excluding hydrogens is 304 g/mol. The first-order chi connectivity index (χ1) is 8.91. The monoisotopic (exact) mass is 343 g/mol. The average Bonchev–Trinajstić information content (AvgIpc) is 2.39. The summed E-state index contributed by atoms with van der Waals surface area (Å²) in [7, 11) is 0. The van der Waals surface area contributed by atoms with E-state index in [1.54, 1.807) is 0 Å². The molecule has 0 nitrogen and oxygen atoms in total. The Labute approximate surface area is 160 Å². The van der Waals surface area contributed by atoms with Crippen LogP contribution in [-0.4, -0.2) is 45.5 Å². The summed E-state index contributed by atoms with van der Waals surface area (Å²) >= 11 is 0. The maximum atomic E-state index is 3.88. The summed E-state index contributed by atoms with van der Waals surface area (Å²) < 4.78 is 0. The van der Waals surface area contributed by atoms with Crippen LogP contribution >= 0.6 is 0 Å². The molecule has 0 aliphatic rings. The van der Waals surface area contributed by atoms with Crippen molar-refractivity contribution in [3.05, 3.63) is 6.92 Å². The molecule has 0 aromatic carbocycles. The third-order valence-electron chi connectivity index (χ3n) is 3.85. The van der Waals surface area contributed by atoms with Crippen molar-refractivity contribution in [1.82, 2.24) is 0 Å². The second-order valence-corrected chi connectivity index (χ2v) is 5.80. The number of hydrogen-bond donors (Lipinski definition) is 0. The van der Waals surface area contributed by atoms with Crippen LogP contribution < -0.4 is 0 Å². The first-order valence-corrected chi connectivity index (χ1v) is 8.71. The Hall–Kier alpha value is 1.48. The van der Waals surface area contributed by atoms with E-state index in [-0.39, 0.29) is 45.5 Å². The van der Waals surface area contributed by atoms with Crippen molar-refractivity contribution in [1.29, 1.82) is 0 Å². The zero-order chi connectivity index (χ0) is 13.3. The van der Waals surface area contributed by atoms with Crippen molar-refractivity contribution >= 4 is 45.5 Å². The van der Waals surface area contributed by atoms with E-state index in [9.17, 15) is 0 Å². The van der Waals surface area contributed by atoms with Gasteiger partial charge in [0.2, 0.25) is 0 Å². The van der Waals surface area contributed by atoms with Gasteiger partial charge in [0.15, 0.2) is 0 Å². The van der Waals surface area contributed by atoms with Gasteiger partial charge in [-0.05, 0) is 0 Å². The second-order valence-electron chi connectivity index (χ2n) is 5.80. The van der Waals surface area contributed by atoms with Gasteiger partial charge in [0.05, 0.1) is 0 Å². The van der Waals surface area contributed by atoms with Gasteiger partial charge in [-0.25, -0.2) is 0 Å². The van der Waals surface area contributed by atoms with Crippen LogP contribution in [-0.2, 0) is 0 Å². The molecule has 0 rings (SSSR count). The van der Waals surface area contributed by atoms with Gasteiger partial charge in [0.1, 0.15) is 0 Å². The molecule has 113 valence electrons. The second kappa shape index (κ2) is 21.8. The molecule has 0 aromatic rings. The molecule has 19 heavy (non-hydrogen) atoms. The minimum absolute atomic E-state index is 0. The third kappa shape index (κ3) is 21.9.